The van der Waals surface area contributed by atoms with E-state index in [9.17, 15) is 14.7 Å². The molecule has 1 aliphatic carbocycles. The Morgan fingerprint density at radius 1 is 1.19 bits per heavy atom. The number of nitrogens with zero attached hydrogens (tertiary/aromatic N) is 1. The Morgan fingerprint density at radius 2 is 1.96 bits per heavy atom. The average molecular weight is 361 g/mol. The van der Waals surface area contributed by atoms with E-state index < -0.39 is 0 Å². The van der Waals surface area contributed by atoms with Crippen LogP contribution in [-0.2, 0) is 20.7 Å². The summed E-state index contributed by atoms with van der Waals surface area (Å²) in [6, 6.07) is 3.53. The van der Waals surface area contributed by atoms with E-state index in [0.717, 1.165) is 31.2 Å². The molecule has 1 saturated carbocycles. The molecule has 1 aromatic rings. The molecule has 0 aromatic carbocycles. The van der Waals surface area contributed by atoms with Gasteiger partial charge in [0.25, 0.3) is 0 Å². The maximum absolute atomic E-state index is 12.0. The Kier molecular flexibility index (Phi) is 6.57. The number of hydrogen-bond donors (Lipinski definition) is 3. The summed E-state index contributed by atoms with van der Waals surface area (Å²) in [5.41, 5.74) is 0.931. The molecule has 2 fully saturated rings. The number of rotatable bonds is 8. The van der Waals surface area contributed by atoms with E-state index in [4.69, 9.17) is 4.74 Å². The SMILES string of the molecule is O=C(Cc1ccncc1)NCC[C@H]1CC[C@@H](NC(=O)C2CC2)[C@@H](CO)O1. The van der Waals surface area contributed by atoms with Crippen molar-refractivity contribution in [3.8, 4) is 0 Å². The number of pyridine rings is 1. The third-order valence-corrected chi connectivity index (χ3v) is 4.97. The first-order valence-corrected chi connectivity index (χ1v) is 9.38. The molecule has 1 saturated heterocycles. The number of carbonyl (C=O) groups excluding carboxylic acids is 2. The van der Waals surface area contributed by atoms with Gasteiger partial charge in [0.15, 0.2) is 0 Å². The summed E-state index contributed by atoms with van der Waals surface area (Å²) < 4.78 is 5.93. The summed E-state index contributed by atoms with van der Waals surface area (Å²) in [5.74, 6) is 0.210. The molecule has 2 heterocycles. The standard InChI is InChI=1S/C19H27N3O4/c23-12-17-16(22-19(25)14-1-2-14)4-3-15(26-17)7-10-21-18(24)11-13-5-8-20-9-6-13/h5-6,8-9,14-17,23H,1-4,7,10-12H2,(H,21,24)(H,22,25)/t15-,16-,17-/m1/s1. The molecule has 1 aromatic heterocycles. The van der Waals surface area contributed by atoms with E-state index in [-0.39, 0.29) is 42.6 Å². The third-order valence-electron chi connectivity index (χ3n) is 4.97. The fourth-order valence-electron chi connectivity index (χ4n) is 3.28. The molecule has 0 bridgehead atoms. The number of aromatic nitrogens is 1. The molecule has 26 heavy (non-hydrogen) atoms. The van der Waals surface area contributed by atoms with Crippen molar-refractivity contribution in [1.29, 1.82) is 0 Å². The van der Waals surface area contributed by atoms with Gasteiger partial charge >= 0.3 is 0 Å². The summed E-state index contributed by atoms with van der Waals surface area (Å²) in [4.78, 5) is 27.8. The van der Waals surface area contributed by atoms with Crippen LogP contribution in [0.3, 0.4) is 0 Å². The predicted molar refractivity (Wildman–Crippen MR) is 95.2 cm³/mol. The molecular weight excluding hydrogens is 334 g/mol. The molecule has 0 radical (unpaired) electrons. The van der Waals surface area contributed by atoms with Crippen LogP contribution in [0.4, 0.5) is 0 Å². The van der Waals surface area contributed by atoms with Crippen molar-refractivity contribution < 1.29 is 19.4 Å². The summed E-state index contributed by atoms with van der Waals surface area (Å²) in [5, 5.41) is 15.5. The number of aliphatic hydroxyl groups is 1. The lowest BCUT2D eigenvalue weighted by atomic mass is 9.97. The predicted octanol–water partition coefficient (Wildman–Crippen LogP) is 0.565. The van der Waals surface area contributed by atoms with Gasteiger partial charge in [0.1, 0.15) is 6.10 Å². The first-order valence-electron chi connectivity index (χ1n) is 9.38. The number of hydrogen-bond acceptors (Lipinski definition) is 5. The van der Waals surface area contributed by atoms with Gasteiger partial charge in [0.05, 0.1) is 25.2 Å². The minimum absolute atomic E-state index is 0.0116. The number of nitrogens with one attached hydrogen (secondary N) is 2. The van der Waals surface area contributed by atoms with Crippen molar-refractivity contribution in [1.82, 2.24) is 15.6 Å². The van der Waals surface area contributed by atoms with E-state index in [1.54, 1.807) is 12.4 Å². The minimum atomic E-state index is -0.371. The van der Waals surface area contributed by atoms with Gasteiger partial charge in [-0.25, -0.2) is 0 Å². The number of carbonyl (C=O) groups is 2. The van der Waals surface area contributed by atoms with Crippen molar-refractivity contribution in [3.63, 3.8) is 0 Å². The van der Waals surface area contributed by atoms with Crippen LogP contribution in [0.1, 0.15) is 37.7 Å². The van der Waals surface area contributed by atoms with Crippen LogP contribution >= 0.6 is 0 Å². The van der Waals surface area contributed by atoms with Crippen molar-refractivity contribution >= 4 is 11.8 Å². The number of ether oxygens (including phenoxy) is 1. The second-order valence-electron chi connectivity index (χ2n) is 7.12. The Morgan fingerprint density at radius 3 is 2.65 bits per heavy atom. The highest BCUT2D eigenvalue weighted by molar-refractivity contribution is 5.81. The highest BCUT2D eigenvalue weighted by Gasteiger charge is 2.36. The Balaban J connectivity index is 1.36. The maximum atomic E-state index is 12.0. The molecule has 1 aliphatic heterocycles. The molecule has 7 heteroatoms. The summed E-state index contributed by atoms with van der Waals surface area (Å²) in [7, 11) is 0. The Hall–Kier alpha value is -1.99. The molecule has 3 N–H and O–H groups in total. The Bertz CT molecular complexity index is 606. The van der Waals surface area contributed by atoms with Gasteiger partial charge < -0.3 is 20.5 Å². The van der Waals surface area contributed by atoms with Crippen LogP contribution in [0.5, 0.6) is 0 Å². The van der Waals surface area contributed by atoms with E-state index >= 15 is 0 Å². The molecule has 0 unspecified atom stereocenters. The van der Waals surface area contributed by atoms with Gasteiger partial charge in [-0.1, -0.05) is 0 Å². The molecular formula is C19H27N3O4. The molecule has 0 spiro atoms. The van der Waals surface area contributed by atoms with E-state index in [0.29, 0.717) is 19.4 Å². The highest BCUT2D eigenvalue weighted by atomic mass is 16.5. The quantitative estimate of drug-likeness (QED) is 0.628. The number of aliphatic hydroxyl groups excluding tert-OH is 1. The minimum Gasteiger partial charge on any atom is -0.394 e. The van der Waals surface area contributed by atoms with Crippen molar-refractivity contribution in [2.24, 2.45) is 5.92 Å². The number of amides is 2. The second kappa shape index (κ2) is 9.09. The van der Waals surface area contributed by atoms with Gasteiger partial charge in [-0.15, -0.1) is 0 Å². The van der Waals surface area contributed by atoms with Gasteiger partial charge in [-0.05, 0) is 49.8 Å². The third kappa shape index (κ3) is 5.51. The van der Waals surface area contributed by atoms with Crippen LogP contribution in [0, 0.1) is 5.92 Å². The topological polar surface area (TPSA) is 101 Å². The zero-order valence-electron chi connectivity index (χ0n) is 14.9. The average Bonchev–Trinajstić information content (AvgIpc) is 3.49. The van der Waals surface area contributed by atoms with E-state index in [1.807, 2.05) is 12.1 Å². The lowest BCUT2D eigenvalue weighted by molar-refractivity contribution is -0.130. The van der Waals surface area contributed by atoms with Gasteiger partial charge in [-0.2, -0.15) is 0 Å². The smallest absolute Gasteiger partial charge is 0.224 e. The lowest BCUT2D eigenvalue weighted by Crippen LogP contribution is -2.51. The van der Waals surface area contributed by atoms with Crippen LogP contribution in [-0.4, -0.2) is 53.3 Å². The fourth-order valence-corrected chi connectivity index (χ4v) is 3.28. The van der Waals surface area contributed by atoms with E-state index in [1.165, 1.54) is 0 Å². The second-order valence-corrected chi connectivity index (χ2v) is 7.12. The van der Waals surface area contributed by atoms with Crippen LogP contribution in [0.25, 0.3) is 0 Å². The molecule has 2 aliphatic rings. The summed E-state index contributed by atoms with van der Waals surface area (Å²) >= 11 is 0. The monoisotopic (exact) mass is 361 g/mol. The first-order chi connectivity index (χ1) is 12.7. The van der Waals surface area contributed by atoms with E-state index in [2.05, 4.69) is 15.6 Å². The summed E-state index contributed by atoms with van der Waals surface area (Å²) in [6.07, 6.45) is 7.52. The van der Waals surface area contributed by atoms with Crippen LogP contribution in [0.15, 0.2) is 24.5 Å². The maximum Gasteiger partial charge on any atom is 0.224 e. The molecule has 7 nitrogen and oxygen atoms in total. The zero-order chi connectivity index (χ0) is 18.4. The molecule has 3 rings (SSSR count). The molecule has 3 atom stereocenters. The van der Waals surface area contributed by atoms with Crippen molar-refractivity contribution in [3.05, 3.63) is 30.1 Å². The van der Waals surface area contributed by atoms with Gasteiger partial charge in [0.2, 0.25) is 11.8 Å². The van der Waals surface area contributed by atoms with Gasteiger partial charge in [0, 0.05) is 24.9 Å². The first kappa shape index (κ1) is 18.8. The fraction of sp³-hybridized carbons (Fsp3) is 0.632. The normalized spacial score (nSPS) is 25.5. The molecule has 2 amide bonds. The highest BCUT2D eigenvalue weighted by Crippen LogP contribution is 2.30. The van der Waals surface area contributed by atoms with Crippen LogP contribution < -0.4 is 10.6 Å². The summed E-state index contributed by atoms with van der Waals surface area (Å²) in [6.45, 7) is 0.423. The van der Waals surface area contributed by atoms with Gasteiger partial charge in [-0.3, -0.25) is 14.6 Å². The Labute approximate surface area is 153 Å². The van der Waals surface area contributed by atoms with Crippen LogP contribution in [0.2, 0.25) is 0 Å². The lowest BCUT2D eigenvalue weighted by Gasteiger charge is -2.36. The van der Waals surface area contributed by atoms with Crippen molar-refractivity contribution in [2.75, 3.05) is 13.2 Å². The largest absolute Gasteiger partial charge is 0.394 e. The zero-order valence-corrected chi connectivity index (χ0v) is 14.9. The van der Waals surface area contributed by atoms with Crippen molar-refractivity contribution in [2.45, 2.75) is 56.8 Å². The molecule has 142 valence electrons.